The van der Waals surface area contributed by atoms with Gasteiger partial charge in [-0.15, -0.1) is 0 Å². The molecule has 0 bridgehead atoms. The zero-order chi connectivity index (χ0) is 12.5. The molecule has 0 aliphatic rings. The Balaban J connectivity index is 2.11. The molecule has 1 nitrogen and oxygen atoms in total. The highest BCUT2D eigenvalue weighted by Crippen LogP contribution is 2.20. The highest BCUT2D eigenvalue weighted by molar-refractivity contribution is 9.10. The van der Waals surface area contributed by atoms with E-state index in [1.165, 1.54) is 44.6 Å². The Morgan fingerprint density at radius 1 is 1.12 bits per heavy atom. The van der Waals surface area contributed by atoms with E-state index in [9.17, 15) is 4.39 Å². The number of rotatable bonds is 8. The molecule has 1 aromatic rings. The second-order valence-corrected chi connectivity index (χ2v) is 5.18. The van der Waals surface area contributed by atoms with Crippen molar-refractivity contribution in [2.24, 2.45) is 0 Å². The summed E-state index contributed by atoms with van der Waals surface area (Å²) in [7, 11) is 0. The van der Waals surface area contributed by atoms with Gasteiger partial charge in [-0.25, -0.2) is 4.39 Å². The molecule has 0 unspecified atom stereocenters. The van der Waals surface area contributed by atoms with E-state index in [0.29, 0.717) is 4.47 Å². The van der Waals surface area contributed by atoms with Crippen molar-refractivity contribution in [2.45, 2.75) is 45.4 Å². The highest BCUT2D eigenvalue weighted by Gasteiger charge is 1.99. The van der Waals surface area contributed by atoms with Crippen molar-refractivity contribution in [2.75, 3.05) is 11.9 Å². The maximum absolute atomic E-state index is 13.0. The van der Waals surface area contributed by atoms with Crippen LogP contribution in [-0.2, 0) is 0 Å². The van der Waals surface area contributed by atoms with Crippen molar-refractivity contribution in [3.8, 4) is 0 Å². The Labute approximate surface area is 112 Å². The highest BCUT2D eigenvalue weighted by atomic mass is 79.9. The van der Waals surface area contributed by atoms with Crippen LogP contribution < -0.4 is 5.32 Å². The van der Waals surface area contributed by atoms with Gasteiger partial charge in [0, 0.05) is 12.2 Å². The van der Waals surface area contributed by atoms with Crippen LogP contribution in [0.3, 0.4) is 0 Å². The molecular formula is C14H21BrFN. The summed E-state index contributed by atoms with van der Waals surface area (Å²) in [6.45, 7) is 3.19. The van der Waals surface area contributed by atoms with Crippen LogP contribution in [0, 0.1) is 5.82 Å². The maximum atomic E-state index is 13.0. The quantitative estimate of drug-likeness (QED) is 0.637. The molecule has 17 heavy (non-hydrogen) atoms. The van der Waals surface area contributed by atoms with Gasteiger partial charge >= 0.3 is 0 Å². The fourth-order valence-electron chi connectivity index (χ4n) is 1.74. The van der Waals surface area contributed by atoms with E-state index in [-0.39, 0.29) is 5.82 Å². The predicted octanol–water partition coefficient (Wildman–Crippen LogP) is 5.36. The summed E-state index contributed by atoms with van der Waals surface area (Å²) >= 11 is 3.18. The van der Waals surface area contributed by atoms with Crippen LogP contribution in [0.25, 0.3) is 0 Å². The monoisotopic (exact) mass is 301 g/mol. The number of unbranched alkanes of at least 4 members (excludes halogenated alkanes) is 5. The minimum absolute atomic E-state index is 0.213. The first kappa shape index (κ1) is 14.5. The van der Waals surface area contributed by atoms with E-state index in [1.807, 2.05) is 0 Å². The van der Waals surface area contributed by atoms with Gasteiger partial charge in [0.2, 0.25) is 0 Å². The van der Waals surface area contributed by atoms with Gasteiger partial charge in [0.1, 0.15) is 5.82 Å². The third kappa shape index (κ3) is 6.06. The lowest BCUT2D eigenvalue weighted by Gasteiger charge is -2.07. The molecule has 1 rings (SSSR count). The molecule has 0 saturated carbocycles. The largest absolute Gasteiger partial charge is 0.385 e. The van der Waals surface area contributed by atoms with Gasteiger partial charge < -0.3 is 5.32 Å². The molecule has 1 aromatic carbocycles. The Kier molecular flexibility index (Phi) is 7.25. The first-order valence-electron chi connectivity index (χ1n) is 6.43. The summed E-state index contributed by atoms with van der Waals surface area (Å²) < 4.78 is 13.5. The van der Waals surface area contributed by atoms with Crippen molar-refractivity contribution in [3.63, 3.8) is 0 Å². The van der Waals surface area contributed by atoms with Crippen molar-refractivity contribution in [1.29, 1.82) is 0 Å². The fourth-order valence-corrected chi connectivity index (χ4v) is 2.12. The van der Waals surface area contributed by atoms with Gasteiger partial charge in [-0.1, -0.05) is 39.0 Å². The van der Waals surface area contributed by atoms with Gasteiger partial charge in [0.25, 0.3) is 0 Å². The van der Waals surface area contributed by atoms with Gasteiger partial charge in [0.15, 0.2) is 0 Å². The standard InChI is InChI=1S/C14H21BrFN/c1-2-3-4-5-6-7-10-17-12-8-9-14(16)13(15)11-12/h8-9,11,17H,2-7,10H2,1H3. The van der Waals surface area contributed by atoms with E-state index in [0.717, 1.165) is 12.2 Å². The fraction of sp³-hybridized carbons (Fsp3) is 0.571. The first-order valence-corrected chi connectivity index (χ1v) is 7.22. The summed E-state index contributed by atoms with van der Waals surface area (Å²) in [5, 5.41) is 3.31. The summed E-state index contributed by atoms with van der Waals surface area (Å²) in [5.74, 6) is -0.213. The lowest BCUT2D eigenvalue weighted by Crippen LogP contribution is -2.01. The van der Waals surface area contributed by atoms with Crippen molar-refractivity contribution < 1.29 is 4.39 Å². The third-order valence-electron chi connectivity index (χ3n) is 2.78. The van der Waals surface area contributed by atoms with Crippen LogP contribution in [0.2, 0.25) is 0 Å². The summed E-state index contributed by atoms with van der Waals surface area (Å²) in [5.41, 5.74) is 0.979. The second-order valence-electron chi connectivity index (χ2n) is 4.32. The van der Waals surface area contributed by atoms with E-state index in [2.05, 4.69) is 28.2 Å². The minimum atomic E-state index is -0.213. The smallest absolute Gasteiger partial charge is 0.137 e. The van der Waals surface area contributed by atoms with E-state index < -0.39 is 0 Å². The van der Waals surface area contributed by atoms with Gasteiger partial charge in [-0.05, 0) is 40.5 Å². The Hall–Kier alpha value is -0.570. The molecule has 0 fully saturated rings. The van der Waals surface area contributed by atoms with Crippen LogP contribution in [0.4, 0.5) is 10.1 Å². The Morgan fingerprint density at radius 3 is 2.53 bits per heavy atom. The average molecular weight is 302 g/mol. The average Bonchev–Trinajstić information content (AvgIpc) is 2.32. The lowest BCUT2D eigenvalue weighted by molar-refractivity contribution is 0.616. The van der Waals surface area contributed by atoms with Crippen LogP contribution >= 0.6 is 15.9 Å². The van der Waals surface area contributed by atoms with Crippen molar-refractivity contribution in [1.82, 2.24) is 0 Å². The van der Waals surface area contributed by atoms with Crippen LogP contribution in [0.5, 0.6) is 0 Å². The van der Waals surface area contributed by atoms with Gasteiger partial charge in [-0.3, -0.25) is 0 Å². The van der Waals surface area contributed by atoms with E-state index in [4.69, 9.17) is 0 Å². The van der Waals surface area contributed by atoms with Gasteiger partial charge in [-0.2, -0.15) is 0 Å². The second kappa shape index (κ2) is 8.51. The molecule has 0 spiro atoms. The number of nitrogens with one attached hydrogen (secondary N) is 1. The van der Waals surface area contributed by atoms with Crippen molar-refractivity contribution in [3.05, 3.63) is 28.5 Å². The Bertz CT molecular complexity index is 328. The topological polar surface area (TPSA) is 12.0 Å². The molecular weight excluding hydrogens is 281 g/mol. The summed E-state index contributed by atoms with van der Waals surface area (Å²) in [4.78, 5) is 0. The molecule has 0 aromatic heterocycles. The van der Waals surface area contributed by atoms with Crippen molar-refractivity contribution >= 4 is 21.6 Å². The number of hydrogen-bond acceptors (Lipinski definition) is 1. The number of hydrogen-bond donors (Lipinski definition) is 1. The Morgan fingerprint density at radius 2 is 1.82 bits per heavy atom. The molecule has 0 aliphatic heterocycles. The molecule has 0 radical (unpaired) electrons. The van der Waals surface area contributed by atoms with Crippen LogP contribution in [-0.4, -0.2) is 6.54 Å². The zero-order valence-electron chi connectivity index (χ0n) is 10.4. The first-order chi connectivity index (χ1) is 8.24. The minimum Gasteiger partial charge on any atom is -0.385 e. The molecule has 0 heterocycles. The van der Waals surface area contributed by atoms with Gasteiger partial charge in [0.05, 0.1) is 4.47 Å². The third-order valence-corrected chi connectivity index (χ3v) is 3.39. The molecule has 96 valence electrons. The molecule has 3 heteroatoms. The maximum Gasteiger partial charge on any atom is 0.137 e. The van der Waals surface area contributed by atoms with E-state index >= 15 is 0 Å². The number of anilines is 1. The molecule has 1 N–H and O–H groups in total. The molecule has 0 amide bonds. The summed E-state index contributed by atoms with van der Waals surface area (Å²) in [6, 6.07) is 5.04. The SMILES string of the molecule is CCCCCCCCNc1ccc(F)c(Br)c1. The zero-order valence-corrected chi connectivity index (χ0v) is 12.0. The van der Waals surface area contributed by atoms with Crippen LogP contribution in [0.15, 0.2) is 22.7 Å². The molecule has 0 saturated heterocycles. The number of benzene rings is 1. The molecule has 0 aliphatic carbocycles. The normalized spacial score (nSPS) is 10.5. The van der Waals surface area contributed by atoms with Crippen LogP contribution in [0.1, 0.15) is 45.4 Å². The molecule has 0 atom stereocenters. The lowest BCUT2D eigenvalue weighted by atomic mass is 10.1. The summed E-state index contributed by atoms with van der Waals surface area (Å²) in [6.07, 6.45) is 7.76. The predicted molar refractivity (Wildman–Crippen MR) is 76.0 cm³/mol. The number of halogens is 2. The van der Waals surface area contributed by atoms with E-state index in [1.54, 1.807) is 12.1 Å².